The first-order valence-corrected chi connectivity index (χ1v) is 8.14. The van der Waals surface area contributed by atoms with Crippen LogP contribution in [-0.4, -0.2) is 40.6 Å². The normalized spacial score (nSPS) is 12.0. The SMILES string of the molecule is CCN(Cc1ccccn1)S(=O)(=O)c1cnn(CCN)c1. The minimum atomic E-state index is -3.58. The van der Waals surface area contributed by atoms with E-state index in [1.165, 1.54) is 21.4 Å². The van der Waals surface area contributed by atoms with E-state index in [2.05, 4.69) is 10.1 Å². The zero-order valence-corrected chi connectivity index (χ0v) is 12.7. The number of aromatic nitrogens is 3. The van der Waals surface area contributed by atoms with Crippen LogP contribution in [0.15, 0.2) is 41.7 Å². The van der Waals surface area contributed by atoms with E-state index in [1.807, 2.05) is 6.07 Å². The maximum atomic E-state index is 12.6. The van der Waals surface area contributed by atoms with Crippen LogP contribution in [0.1, 0.15) is 12.6 Å². The lowest BCUT2D eigenvalue weighted by Gasteiger charge is -2.18. The summed E-state index contributed by atoms with van der Waals surface area (Å²) < 4.78 is 28.1. The lowest BCUT2D eigenvalue weighted by atomic mass is 10.3. The van der Waals surface area contributed by atoms with Crippen molar-refractivity contribution in [2.24, 2.45) is 5.73 Å². The van der Waals surface area contributed by atoms with Gasteiger partial charge in [-0.3, -0.25) is 9.67 Å². The van der Waals surface area contributed by atoms with E-state index < -0.39 is 10.0 Å². The molecule has 0 aliphatic rings. The number of rotatable bonds is 7. The van der Waals surface area contributed by atoms with Crippen molar-refractivity contribution in [3.8, 4) is 0 Å². The molecule has 0 aliphatic carbocycles. The Balaban J connectivity index is 2.22. The minimum absolute atomic E-state index is 0.175. The van der Waals surface area contributed by atoms with Gasteiger partial charge in [-0.1, -0.05) is 13.0 Å². The first-order chi connectivity index (χ1) is 10.1. The lowest BCUT2D eigenvalue weighted by Crippen LogP contribution is -2.30. The smallest absolute Gasteiger partial charge is 0.246 e. The first-order valence-electron chi connectivity index (χ1n) is 6.70. The Labute approximate surface area is 124 Å². The average Bonchev–Trinajstić information content (AvgIpc) is 2.95. The standard InChI is InChI=1S/C13H19N5O2S/c1-2-18(10-12-5-3-4-7-15-12)21(19,20)13-9-16-17(11-13)8-6-14/h3-5,7,9,11H,2,6,8,10,14H2,1H3. The van der Waals surface area contributed by atoms with Crippen molar-refractivity contribution in [2.75, 3.05) is 13.1 Å². The second-order valence-electron chi connectivity index (χ2n) is 4.48. The highest BCUT2D eigenvalue weighted by Crippen LogP contribution is 2.16. The van der Waals surface area contributed by atoms with Gasteiger partial charge in [-0.2, -0.15) is 9.40 Å². The molecule has 0 radical (unpaired) electrons. The van der Waals surface area contributed by atoms with Crippen molar-refractivity contribution >= 4 is 10.0 Å². The maximum absolute atomic E-state index is 12.6. The monoisotopic (exact) mass is 309 g/mol. The van der Waals surface area contributed by atoms with Gasteiger partial charge in [0.2, 0.25) is 10.0 Å². The topological polar surface area (TPSA) is 94.1 Å². The van der Waals surface area contributed by atoms with E-state index in [1.54, 1.807) is 25.3 Å². The number of nitrogens with zero attached hydrogens (tertiary/aromatic N) is 4. The summed E-state index contributed by atoms with van der Waals surface area (Å²) in [6, 6.07) is 5.43. The van der Waals surface area contributed by atoms with Crippen LogP contribution >= 0.6 is 0 Å². The molecule has 114 valence electrons. The van der Waals surface area contributed by atoms with Crippen molar-refractivity contribution in [2.45, 2.75) is 24.9 Å². The summed E-state index contributed by atoms with van der Waals surface area (Å²) in [5.41, 5.74) is 6.14. The molecule has 2 N–H and O–H groups in total. The number of pyridine rings is 1. The molecule has 0 aromatic carbocycles. The Kier molecular flexibility index (Phi) is 5.05. The fraction of sp³-hybridized carbons (Fsp3) is 0.385. The highest BCUT2D eigenvalue weighted by Gasteiger charge is 2.25. The van der Waals surface area contributed by atoms with E-state index >= 15 is 0 Å². The van der Waals surface area contributed by atoms with Gasteiger partial charge in [-0.15, -0.1) is 0 Å². The van der Waals surface area contributed by atoms with Crippen molar-refractivity contribution in [3.63, 3.8) is 0 Å². The third-order valence-electron chi connectivity index (χ3n) is 3.02. The fourth-order valence-electron chi connectivity index (χ4n) is 1.92. The van der Waals surface area contributed by atoms with Gasteiger partial charge < -0.3 is 5.73 Å². The zero-order chi connectivity index (χ0) is 15.3. The van der Waals surface area contributed by atoms with Gasteiger partial charge >= 0.3 is 0 Å². The van der Waals surface area contributed by atoms with Crippen LogP contribution in [0.5, 0.6) is 0 Å². The molecule has 0 bridgehead atoms. The molecule has 0 unspecified atom stereocenters. The Morgan fingerprint density at radius 2 is 2.19 bits per heavy atom. The molecule has 2 aromatic rings. The van der Waals surface area contributed by atoms with Crippen LogP contribution in [-0.2, 0) is 23.1 Å². The summed E-state index contributed by atoms with van der Waals surface area (Å²) >= 11 is 0. The quantitative estimate of drug-likeness (QED) is 0.801. The summed E-state index contributed by atoms with van der Waals surface area (Å²) in [7, 11) is -3.58. The molecule has 0 aliphatic heterocycles. The zero-order valence-electron chi connectivity index (χ0n) is 11.9. The summed E-state index contributed by atoms with van der Waals surface area (Å²) in [5.74, 6) is 0. The average molecular weight is 309 g/mol. The summed E-state index contributed by atoms with van der Waals surface area (Å²) in [4.78, 5) is 4.34. The molecule has 2 rings (SSSR count). The van der Waals surface area contributed by atoms with Gasteiger partial charge in [0.1, 0.15) is 4.90 Å². The Bertz CT molecular complexity index is 669. The van der Waals surface area contributed by atoms with E-state index in [0.717, 1.165) is 0 Å². The van der Waals surface area contributed by atoms with Crippen LogP contribution < -0.4 is 5.73 Å². The number of hydrogen-bond acceptors (Lipinski definition) is 5. The number of nitrogens with two attached hydrogens (primary N) is 1. The van der Waals surface area contributed by atoms with Gasteiger partial charge in [0, 0.05) is 25.5 Å². The van der Waals surface area contributed by atoms with Crippen LogP contribution in [0.3, 0.4) is 0 Å². The van der Waals surface area contributed by atoms with Gasteiger partial charge in [-0.05, 0) is 12.1 Å². The Hall–Kier alpha value is -1.77. The molecule has 0 atom stereocenters. The van der Waals surface area contributed by atoms with E-state index in [-0.39, 0.29) is 11.4 Å². The molecule has 7 nitrogen and oxygen atoms in total. The summed E-state index contributed by atoms with van der Waals surface area (Å²) in [6.45, 7) is 3.29. The van der Waals surface area contributed by atoms with Gasteiger partial charge in [-0.25, -0.2) is 8.42 Å². The van der Waals surface area contributed by atoms with E-state index in [0.29, 0.717) is 25.3 Å². The molecule has 2 aromatic heterocycles. The van der Waals surface area contributed by atoms with Crippen molar-refractivity contribution in [3.05, 3.63) is 42.5 Å². The highest BCUT2D eigenvalue weighted by atomic mass is 32.2. The second-order valence-corrected chi connectivity index (χ2v) is 6.42. The number of hydrogen-bond donors (Lipinski definition) is 1. The van der Waals surface area contributed by atoms with Crippen LogP contribution in [0.2, 0.25) is 0 Å². The molecular weight excluding hydrogens is 290 g/mol. The van der Waals surface area contributed by atoms with Gasteiger partial charge in [0.25, 0.3) is 0 Å². The van der Waals surface area contributed by atoms with E-state index in [4.69, 9.17) is 5.73 Å². The third-order valence-corrected chi connectivity index (χ3v) is 4.90. The van der Waals surface area contributed by atoms with Gasteiger partial charge in [0.05, 0.1) is 25.0 Å². The van der Waals surface area contributed by atoms with Crippen molar-refractivity contribution < 1.29 is 8.42 Å². The van der Waals surface area contributed by atoms with Gasteiger partial charge in [0.15, 0.2) is 0 Å². The molecule has 2 heterocycles. The number of sulfonamides is 1. The highest BCUT2D eigenvalue weighted by molar-refractivity contribution is 7.89. The van der Waals surface area contributed by atoms with Crippen LogP contribution in [0, 0.1) is 0 Å². The van der Waals surface area contributed by atoms with Crippen molar-refractivity contribution in [1.82, 2.24) is 19.1 Å². The second kappa shape index (κ2) is 6.79. The molecule has 0 spiro atoms. The molecular formula is C13H19N5O2S. The fourth-order valence-corrected chi connectivity index (χ4v) is 3.30. The molecule has 8 heteroatoms. The summed E-state index contributed by atoms with van der Waals surface area (Å²) in [6.07, 6.45) is 4.50. The Morgan fingerprint density at radius 1 is 1.38 bits per heavy atom. The maximum Gasteiger partial charge on any atom is 0.246 e. The van der Waals surface area contributed by atoms with E-state index in [9.17, 15) is 8.42 Å². The Morgan fingerprint density at radius 3 is 2.81 bits per heavy atom. The predicted molar refractivity (Wildman–Crippen MR) is 78.8 cm³/mol. The summed E-state index contributed by atoms with van der Waals surface area (Å²) in [5, 5.41) is 4.01. The minimum Gasteiger partial charge on any atom is -0.329 e. The predicted octanol–water partition coefficient (Wildman–Crippen LogP) is 0.448. The first kappa shape index (κ1) is 15.6. The van der Waals surface area contributed by atoms with Crippen molar-refractivity contribution in [1.29, 1.82) is 0 Å². The molecule has 0 fully saturated rings. The molecule has 0 amide bonds. The van der Waals surface area contributed by atoms with Crippen LogP contribution in [0.4, 0.5) is 0 Å². The molecule has 0 saturated carbocycles. The third kappa shape index (κ3) is 3.66. The molecule has 21 heavy (non-hydrogen) atoms. The van der Waals surface area contributed by atoms with Crippen LogP contribution in [0.25, 0.3) is 0 Å². The lowest BCUT2D eigenvalue weighted by molar-refractivity contribution is 0.419. The molecule has 0 saturated heterocycles. The largest absolute Gasteiger partial charge is 0.329 e.